The molecule has 4 heterocycles. The van der Waals surface area contributed by atoms with Crippen LogP contribution in [0.4, 0.5) is 5.69 Å². The number of anilines is 1. The van der Waals surface area contributed by atoms with Crippen LogP contribution in [0, 0.1) is 0 Å². The van der Waals surface area contributed by atoms with Crippen LogP contribution in [0.5, 0.6) is 0 Å². The molecule has 0 saturated carbocycles. The largest absolute Gasteiger partial charge is 0.475 e. The van der Waals surface area contributed by atoms with Crippen molar-refractivity contribution in [1.82, 2.24) is 40.6 Å². The van der Waals surface area contributed by atoms with Gasteiger partial charge in [-0.25, -0.2) is 0 Å². The average Bonchev–Trinajstić information content (AvgIpc) is 3.68. The Hall–Kier alpha value is -4.23. The van der Waals surface area contributed by atoms with E-state index in [4.69, 9.17) is 10.6 Å². The van der Waals surface area contributed by atoms with Crippen LogP contribution in [0.15, 0.2) is 24.3 Å². The summed E-state index contributed by atoms with van der Waals surface area (Å²) in [5.41, 5.74) is 6.31. The SMILES string of the molecule is C[C@@H](NC(=O)c1ccc(NNC(=O)CCCCCNC(=O)CN2CCN3CCN4CCN(CC2)CC(=O)[O][Ga]([O]C(=O)C3)[O]C(=O)C4)cc1)C(=O)N1CCC[C@H]1B(O)O. The zero-order valence-electron chi connectivity index (χ0n) is 33.5. The topological polar surface area (TPSA) is 252 Å². The van der Waals surface area contributed by atoms with E-state index in [2.05, 4.69) is 21.5 Å². The van der Waals surface area contributed by atoms with Gasteiger partial charge in [0.1, 0.15) is 6.04 Å². The molecule has 4 aliphatic rings. The molecule has 4 bridgehead atoms. The second-order valence-electron chi connectivity index (χ2n) is 15.1. The summed E-state index contributed by atoms with van der Waals surface area (Å²) in [6, 6.07) is 5.47. The normalized spacial score (nSPS) is 23.5. The number of unbranched alkanes of at least 4 members (excludes halogenated alkanes) is 2. The number of likely N-dealkylation sites (tertiary alicyclic amines) is 1. The third-order valence-corrected chi connectivity index (χ3v) is 13.4. The summed E-state index contributed by atoms with van der Waals surface area (Å²) in [6.07, 6.45) is 3.36. The molecule has 4 atom stereocenters. The van der Waals surface area contributed by atoms with Crippen molar-refractivity contribution in [3.8, 4) is 0 Å². The van der Waals surface area contributed by atoms with Gasteiger partial charge in [0.2, 0.25) is 11.8 Å². The Morgan fingerprint density at radius 1 is 0.780 bits per heavy atom. The second kappa shape index (κ2) is 23.0. The summed E-state index contributed by atoms with van der Waals surface area (Å²) in [4.78, 5) is 98.2. The maximum Gasteiger partial charge on any atom is 0.475 e. The third kappa shape index (κ3) is 15.1. The van der Waals surface area contributed by atoms with Crippen molar-refractivity contribution in [3.05, 3.63) is 29.8 Å². The van der Waals surface area contributed by atoms with E-state index in [1.54, 1.807) is 31.2 Å². The summed E-state index contributed by atoms with van der Waals surface area (Å²) in [7, 11) is -1.64. The fourth-order valence-electron chi connectivity index (χ4n) is 7.21. The molecule has 4 amide bonds. The van der Waals surface area contributed by atoms with Crippen LogP contribution in [0.25, 0.3) is 0 Å². The molecule has 4 fully saturated rings. The van der Waals surface area contributed by atoms with E-state index in [1.807, 2.05) is 19.6 Å². The Morgan fingerprint density at radius 3 is 1.90 bits per heavy atom. The second-order valence-corrected chi connectivity index (χ2v) is 17.8. The van der Waals surface area contributed by atoms with Crippen LogP contribution >= 0.6 is 0 Å². The molecule has 59 heavy (non-hydrogen) atoms. The number of carbonyl (C=O) groups is 7. The molecule has 6 N–H and O–H groups in total. The molecular formula is C36H55BGaN9O12. The minimum Gasteiger partial charge on any atom is -0.426 e. The average molecular weight is 886 g/mol. The molecular weight excluding hydrogens is 831 g/mol. The Labute approximate surface area is 349 Å². The minimum absolute atomic E-state index is 0.00388. The van der Waals surface area contributed by atoms with Gasteiger partial charge < -0.3 is 20.3 Å². The van der Waals surface area contributed by atoms with E-state index < -0.39 is 60.2 Å². The van der Waals surface area contributed by atoms with Crippen molar-refractivity contribution >= 4 is 71.7 Å². The first-order valence-electron chi connectivity index (χ1n) is 20.2. The fourth-order valence-corrected chi connectivity index (χ4v) is 9.34. The van der Waals surface area contributed by atoms with Crippen LogP contribution in [-0.2, 0) is 39.4 Å². The van der Waals surface area contributed by atoms with Gasteiger partial charge in [-0.15, -0.1) is 0 Å². The van der Waals surface area contributed by atoms with E-state index in [9.17, 15) is 43.6 Å². The van der Waals surface area contributed by atoms with Crippen molar-refractivity contribution in [2.45, 2.75) is 57.4 Å². The summed E-state index contributed by atoms with van der Waals surface area (Å²) in [5, 5.41) is 24.7. The minimum atomic E-state index is -3.94. The summed E-state index contributed by atoms with van der Waals surface area (Å²) in [6.45, 7) is 6.30. The van der Waals surface area contributed by atoms with Gasteiger partial charge in [0.25, 0.3) is 5.91 Å². The predicted molar refractivity (Wildman–Crippen MR) is 211 cm³/mol. The summed E-state index contributed by atoms with van der Waals surface area (Å²) < 4.78 is 16.1. The van der Waals surface area contributed by atoms with Crippen LogP contribution in [0.1, 0.15) is 55.8 Å². The Kier molecular flexibility index (Phi) is 17.8. The number of nitrogens with one attached hydrogen (secondary N) is 4. The zero-order valence-corrected chi connectivity index (χ0v) is 35.9. The molecule has 0 aliphatic carbocycles. The van der Waals surface area contributed by atoms with Gasteiger partial charge >= 0.3 is 194 Å². The maximum absolute atomic E-state index is 13.0. The molecule has 4 saturated heterocycles. The number of carbonyl (C=O) groups excluding carboxylic acids is 7. The van der Waals surface area contributed by atoms with E-state index in [0.717, 1.165) is 0 Å². The van der Waals surface area contributed by atoms with Gasteiger partial charge in [-0.05, 0) is 50.5 Å². The summed E-state index contributed by atoms with van der Waals surface area (Å²) >= 11 is -3.94. The van der Waals surface area contributed by atoms with E-state index in [1.165, 1.54) is 4.90 Å². The van der Waals surface area contributed by atoms with E-state index in [-0.39, 0.29) is 50.3 Å². The van der Waals surface area contributed by atoms with Crippen molar-refractivity contribution in [2.75, 3.05) is 97.1 Å². The molecule has 0 spiro atoms. The Bertz CT molecular complexity index is 1610. The number of fused-ring (bicyclic) bond motifs is 7. The monoisotopic (exact) mass is 885 g/mol. The first kappa shape index (κ1) is 45.8. The molecule has 1 aromatic rings. The van der Waals surface area contributed by atoms with Crippen molar-refractivity contribution in [3.63, 3.8) is 0 Å². The first-order chi connectivity index (χ1) is 28.3. The quantitative estimate of drug-likeness (QED) is 0.0611. The first-order valence-corrected chi connectivity index (χ1v) is 23.2. The number of benzene rings is 1. The predicted octanol–water partition coefficient (Wildman–Crippen LogP) is -3.21. The molecule has 322 valence electrons. The zero-order chi connectivity index (χ0) is 42.3. The van der Waals surface area contributed by atoms with Crippen LogP contribution in [0.3, 0.4) is 0 Å². The molecule has 1 aromatic carbocycles. The maximum atomic E-state index is 13.0. The van der Waals surface area contributed by atoms with Crippen molar-refractivity contribution < 1.29 is 54.2 Å². The van der Waals surface area contributed by atoms with Crippen LogP contribution < -0.4 is 21.5 Å². The van der Waals surface area contributed by atoms with E-state index in [0.29, 0.717) is 109 Å². The fraction of sp³-hybridized carbons (Fsp3) is 0.639. The molecule has 0 radical (unpaired) electrons. The van der Waals surface area contributed by atoms with Gasteiger partial charge in [-0.1, -0.05) is 6.42 Å². The molecule has 21 nitrogen and oxygen atoms in total. The Morgan fingerprint density at radius 2 is 1.34 bits per heavy atom. The number of amides is 4. The smallest absolute Gasteiger partial charge is 0.426 e. The number of nitrogens with zero attached hydrogens (tertiary/aromatic N) is 5. The number of hydrazine groups is 1. The molecule has 2 unspecified atom stereocenters. The van der Waals surface area contributed by atoms with Crippen molar-refractivity contribution in [1.29, 1.82) is 0 Å². The number of rotatable bonds is 14. The Balaban J connectivity index is 0.985. The molecule has 4 aliphatic heterocycles. The van der Waals surface area contributed by atoms with Gasteiger partial charge in [0.05, 0.1) is 11.6 Å². The van der Waals surface area contributed by atoms with Crippen LogP contribution in [0.2, 0.25) is 0 Å². The third-order valence-electron chi connectivity index (χ3n) is 10.6. The molecule has 5 rings (SSSR count). The van der Waals surface area contributed by atoms with Gasteiger partial charge in [-0.2, -0.15) is 0 Å². The van der Waals surface area contributed by atoms with Crippen LogP contribution in [-0.4, -0.2) is 204 Å². The van der Waals surface area contributed by atoms with Gasteiger partial charge in [-0.3, -0.25) is 25.2 Å². The summed E-state index contributed by atoms with van der Waals surface area (Å²) in [5.74, 6) is -3.75. The number of hydrogen-bond acceptors (Lipinski definition) is 17. The van der Waals surface area contributed by atoms with Crippen molar-refractivity contribution in [2.24, 2.45) is 0 Å². The van der Waals surface area contributed by atoms with E-state index >= 15 is 0 Å². The van der Waals surface area contributed by atoms with Gasteiger partial charge in [0.15, 0.2) is 0 Å². The number of hydrogen-bond donors (Lipinski definition) is 6. The molecule has 23 heteroatoms. The standard InChI is InChI=1S/C36H58BN9O12.Ga/c1-26(36(56)46-13-5-6-29(46)37(57)58)39-35(55)27-8-10-28(11-9-27)40-41-30(47)7-3-2-4-12-38-31(48)22-42-14-16-43(23-32(49)50)18-20-45(25-34(53)54)21-19-44(17-15-42)24-33(51)52;/h8-11,26,29,40,57-58H,2-7,12-25H2,1H3,(H,38,48)(H,39,55)(H,41,47)(H,49,50)(H,51,52)(H,53,54);/q;+3/p-3/t26-,29+;/m1./s1. The molecule has 0 aromatic heterocycles. The van der Waals surface area contributed by atoms with Gasteiger partial charge in [0, 0.05) is 18.5 Å².